The smallest absolute Gasteiger partial charge is 0.0471 e. The summed E-state index contributed by atoms with van der Waals surface area (Å²) in [7, 11) is 0. The Balaban J connectivity index is 2.36. The number of benzene rings is 1. The number of rotatable bonds is 2. The van der Waals surface area contributed by atoms with E-state index < -0.39 is 0 Å². The summed E-state index contributed by atoms with van der Waals surface area (Å²) in [5.41, 5.74) is 3.89. The maximum Gasteiger partial charge on any atom is 0.0471 e. The topological polar surface area (TPSA) is 20.2 Å². The average Bonchev–Trinajstić information content (AvgIpc) is 2.18. The van der Waals surface area contributed by atoms with Crippen molar-refractivity contribution in [3.05, 3.63) is 33.8 Å². The van der Waals surface area contributed by atoms with Gasteiger partial charge in [0.05, 0.1) is 0 Å². The van der Waals surface area contributed by atoms with Gasteiger partial charge < -0.3 is 5.11 Å². The molecule has 0 unspecified atom stereocenters. The van der Waals surface area contributed by atoms with E-state index in [0.717, 1.165) is 23.4 Å². The number of aryl methyl sites for hydroxylation is 1. The van der Waals surface area contributed by atoms with Gasteiger partial charge in [-0.25, -0.2) is 0 Å². The number of aliphatic hydroxyl groups excluding tert-OH is 1. The Morgan fingerprint density at radius 1 is 1.21 bits per heavy atom. The van der Waals surface area contributed by atoms with Crippen molar-refractivity contribution in [3.8, 4) is 0 Å². The summed E-state index contributed by atoms with van der Waals surface area (Å²) in [5, 5.41) is 9.77. The largest absolute Gasteiger partial charge is 0.396 e. The average molecular weight is 211 g/mol. The van der Waals surface area contributed by atoms with Gasteiger partial charge in [-0.1, -0.05) is 17.7 Å². The van der Waals surface area contributed by atoms with Crippen molar-refractivity contribution in [2.75, 3.05) is 6.61 Å². The number of hydrogen-bond acceptors (Lipinski definition) is 1. The molecule has 1 aromatic rings. The van der Waals surface area contributed by atoms with Crippen molar-refractivity contribution in [1.82, 2.24) is 0 Å². The van der Waals surface area contributed by atoms with Crippen LogP contribution in [0.5, 0.6) is 0 Å². The second kappa shape index (κ2) is 4.33. The minimum Gasteiger partial charge on any atom is -0.396 e. The standard InChI is InChI=1S/C12H15ClO/c13-12-8-9(5-6-14)7-10-3-1-2-4-11(10)12/h7-8,14H,1-6H2. The summed E-state index contributed by atoms with van der Waals surface area (Å²) >= 11 is 6.20. The Morgan fingerprint density at radius 3 is 2.79 bits per heavy atom. The fraction of sp³-hybridized carbons (Fsp3) is 0.500. The summed E-state index contributed by atoms with van der Waals surface area (Å²) in [6.45, 7) is 0.203. The summed E-state index contributed by atoms with van der Waals surface area (Å²) < 4.78 is 0. The Bertz CT molecular complexity index is 333. The zero-order chi connectivity index (χ0) is 9.97. The lowest BCUT2D eigenvalue weighted by Gasteiger charge is -2.18. The highest BCUT2D eigenvalue weighted by atomic mass is 35.5. The Labute approximate surface area is 89.7 Å². The van der Waals surface area contributed by atoms with Crippen LogP contribution >= 0.6 is 11.6 Å². The molecule has 2 rings (SSSR count). The zero-order valence-corrected chi connectivity index (χ0v) is 8.98. The molecule has 0 saturated carbocycles. The van der Waals surface area contributed by atoms with E-state index in [1.165, 1.54) is 24.0 Å². The third kappa shape index (κ3) is 1.94. The molecule has 76 valence electrons. The molecule has 1 N–H and O–H groups in total. The minimum atomic E-state index is 0.203. The van der Waals surface area contributed by atoms with Gasteiger partial charge in [-0.2, -0.15) is 0 Å². The van der Waals surface area contributed by atoms with Crippen molar-refractivity contribution >= 4 is 11.6 Å². The molecule has 1 nitrogen and oxygen atoms in total. The molecule has 14 heavy (non-hydrogen) atoms. The van der Waals surface area contributed by atoms with E-state index in [1.807, 2.05) is 6.07 Å². The second-order valence-corrected chi connectivity index (χ2v) is 4.30. The van der Waals surface area contributed by atoms with Crippen LogP contribution in [0.25, 0.3) is 0 Å². The van der Waals surface area contributed by atoms with Crippen LogP contribution in [0.4, 0.5) is 0 Å². The Hall–Kier alpha value is -0.530. The predicted octanol–water partition coefficient (Wildman–Crippen LogP) is 2.75. The van der Waals surface area contributed by atoms with Crippen LogP contribution in [0.3, 0.4) is 0 Å². The van der Waals surface area contributed by atoms with Crippen LogP contribution in [-0.4, -0.2) is 11.7 Å². The van der Waals surface area contributed by atoms with Gasteiger partial charge in [0.15, 0.2) is 0 Å². The highest BCUT2D eigenvalue weighted by molar-refractivity contribution is 6.31. The number of aliphatic hydroxyl groups is 1. The zero-order valence-electron chi connectivity index (χ0n) is 8.22. The molecule has 0 radical (unpaired) electrons. The second-order valence-electron chi connectivity index (χ2n) is 3.90. The lowest BCUT2D eigenvalue weighted by atomic mass is 9.90. The maximum absolute atomic E-state index is 8.87. The molecule has 0 aromatic heterocycles. The van der Waals surface area contributed by atoms with Crippen LogP contribution in [0.15, 0.2) is 12.1 Å². The summed E-state index contributed by atoms with van der Waals surface area (Å²) in [4.78, 5) is 0. The van der Waals surface area contributed by atoms with E-state index in [4.69, 9.17) is 16.7 Å². The van der Waals surface area contributed by atoms with Crippen LogP contribution < -0.4 is 0 Å². The monoisotopic (exact) mass is 210 g/mol. The first-order chi connectivity index (χ1) is 6.81. The first kappa shape index (κ1) is 10.0. The normalized spacial score (nSPS) is 15.3. The molecule has 0 bridgehead atoms. The van der Waals surface area contributed by atoms with Gasteiger partial charge in [0.25, 0.3) is 0 Å². The van der Waals surface area contributed by atoms with Crippen molar-refractivity contribution in [2.45, 2.75) is 32.1 Å². The fourth-order valence-electron chi connectivity index (χ4n) is 2.15. The van der Waals surface area contributed by atoms with E-state index in [9.17, 15) is 0 Å². The molecular formula is C12H15ClO. The van der Waals surface area contributed by atoms with Crippen LogP contribution in [0.2, 0.25) is 5.02 Å². The van der Waals surface area contributed by atoms with E-state index in [0.29, 0.717) is 6.42 Å². The molecule has 1 aliphatic rings. The first-order valence-corrected chi connectivity index (χ1v) is 5.60. The quantitative estimate of drug-likeness (QED) is 0.796. The first-order valence-electron chi connectivity index (χ1n) is 5.22. The van der Waals surface area contributed by atoms with E-state index in [1.54, 1.807) is 0 Å². The van der Waals surface area contributed by atoms with Crippen molar-refractivity contribution in [1.29, 1.82) is 0 Å². The molecular weight excluding hydrogens is 196 g/mol. The van der Waals surface area contributed by atoms with Crippen LogP contribution in [-0.2, 0) is 19.3 Å². The molecule has 1 aliphatic carbocycles. The fourth-order valence-corrected chi connectivity index (χ4v) is 2.51. The van der Waals surface area contributed by atoms with Gasteiger partial charge in [-0.3, -0.25) is 0 Å². The van der Waals surface area contributed by atoms with Gasteiger partial charge in [0.2, 0.25) is 0 Å². The molecule has 2 heteroatoms. The predicted molar refractivity (Wildman–Crippen MR) is 58.9 cm³/mol. The van der Waals surface area contributed by atoms with Crippen LogP contribution in [0, 0.1) is 0 Å². The maximum atomic E-state index is 8.87. The number of fused-ring (bicyclic) bond motifs is 1. The van der Waals surface area contributed by atoms with Gasteiger partial charge >= 0.3 is 0 Å². The number of hydrogen-bond donors (Lipinski definition) is 1. The lowest BCUT2D eigenvalue weighted by molar-refractivity contribution is 0.299. The van der Waals surface area contributed by atoms with Crippen molar-refractivity contribution in [3.63, 3.8) is 0 Å². The minimum absolute atomic E-state index is 0.203. The molecule has 0 amide bonds. The SMILES string of the molecule is OCCc1cc(Cl)c2c(c1)CCCC2. The van der Waals surface area contributed by atoms with E-state index >= 15 is 0 Å². The summed E-state index contributed by atoms with van der Waals surface area (Å²) in [6, 6.07) is 4.21. The number of halogens is 1. The van der Waals surface area contributed by atoms with Gasteiger partial charge in [-0.05, 0) is 54.9 Å². The van der Waals surface area contributed by atoms with Crippen LogP contribution in [0.1, 0.15) is 29.5 Å². The Kier molecular flexibility index (Phi) is 3.09. The summed E-state index contributed by atoms with van der Waals surface area (Å²) in [5.74, 6) is 0. The van der Waals surface area contributed by atoms with E-state index in [-0.39, 0.29) is 6.61 Å². The molecule has 0 saturated heterocycles. The molecule has 0 spiro atoms. The van der Waals surface area contributed by atoms with Gasteiger partial charge in [0.1, 0.15) is 0 Å². The molecule has 0 fully saturated rings. The van der Waals surface area contributed by atoms with E-state index in [2.05, 4.69) is 6.07 Å². The Morgan fingerprint density at radius 2 is 2.00 bits per heavy atom. The third-order valence-electron chi connectivity index (χ3n) is 2.87. The molecule has 0 atom stereocenters. The lowest BCUT2D eigenvalue weighted by Crippen LogP contribution is -2.05. The highest BCUT2D eigenvalue weighted by Crippen LogP contribution is 2.29. The third-order valence-corrected chi connectivity index (χ3v) is 3.21. The van der Waals surface area contributed by atoms with Crippen molar-refractivity contribution in [2.24, 2.45) is 0 Å². The van der Waals surface area contributed by atoms with Crippen molar-refractivity contribution < 1.29 is 5.11 Å². The summed E-state index contributed by atoms with van der Waals surface area (Å²) in [6.07, 6.45) is 5.51. The highest BCUT2D eigenvalue weighted by Gasteiger charge is 2.13. The molecule has 1 aromatic carbocycles. The molecule has 0 aliphatic heterocycles. The van der Waals surface area contributed by atoms with Gasteiger partial charge in [0, 0.05) is 11.6 Å². The molecule has 0 heterocycles. The van der Waals surface area contributed by atoms with Gasteiger partial charge in [-0.15, -0.1) is 0 Å².